The molecule has 3 rings (SSSR count). The van der Waals surface area contributed by atoms with Gasteiger partial charge in [-0.25, -0.2) is 9.59 Å². The Bertz CT molecular complexity index is 601. The molecule has 0 radical (unpaired) electrons. The minimum Gasteiger partial charge on any atom is -0.439 e. The number of piperidine rings is 1. The van der Waals surface area contributed by atoms with E-state index in [9.17, 15) is 9.59 Å². The summed E-state index contributed by atoms with van der Waals surface area (Å²) in [6, 6.07) is 7.43. The van der Waals surface area contributed by atoms with Gasteiger partial charge in [0.1, 0.15) is 0 Å². The van der Waals surface area contributed by atoms with E-state index in [-0.39, 0.29) is 5.92 Å². The Morgan fingerprint density at radius 2 is 2.00 bits per heavy atom. The monoisotopic (exact) mass is 307 g/mol. The number of esters is 1. The third-order valence-electron chi connectivity index (χ3n) is 3.60. The number of nitrogens with zero attached hydrogens (tertiary/aromatic N) is 1. The summed E-state index contributed by atoms with van der Waals surface area (Å²) >= 11 is 6.03. The minimum absolute atomic E-state index is 0.0827. The zero-order valence-corrected chi connectivity index (χ0v) is 12.0. The molecule has 1 saturated heterocycles. The summed E-state index contributed by atoms with van der Waals surface area (Å²) in [5, 5.41) is 2.07. The average molecular weight is 308 g/mol. The number of carbonyl (C=O) groups is 2. The predicted molar refractivity (Wildman–Crippen MR) is 75.2 cm³/mol. The van der Waals surface area contributed by atoms with Crippen molar-refractivity contribution in [3.05, 3.63) is 47.0 Å². The first-order chi connectivity index (χ1) is 10.1. The van der Waals surface area contributed by atoms with E-state index >= 15 is 0 Å². The Hall–Kier alpha value is -1.85. The molecule has 0 bridgehead atoms. The van der Waals surface area contributed by atoms with Crippen LogP contribution in [0.3, 0.4) is 0 Å². The van der Waals surface area contributed by atoms with Gasteiger partial charge in [-0.05, 0) is 30.5 Å². The topological polar surface area (TPSA) is 55.8 Å². The first kappa shape index (κ1) is 14.1. The van der Waals surface area contributed by atoms with Gasteiger partial charge < -0.3 is 9.57 Å². The number of hydroxylamine groups is 2. The molecule has 1 aromatic carbocycles. The van der Waals surface area contributed by atoms with E-state index in [1.54, 1.807) is 6.07 Å². The Balaban J connectivity index is 1.92. The van der Waals surface area contributed by atoms with E-state index in [2.05, 4.69) is 0 Å². The van der Waals surface area contributed by atoms with Crippen molar-refractivity contribution in [3.63, 3.8) is 0 Å². The fourth-order valence-electron chi connectivity index (χ4n) is 2.68. The molecule has 0 N–H and O–H groups in total. The maximum absolute atomic E-state index is 11.7. The highest BCUT2D eigenvalue weighted by molar-refractivity contribution is 6.30. The van der Waals surface area contributed by atoms with Gasteiger partial charge in [-0.15, -0.1) is 0 Å². The van der Waals surface area contributed by atoms with Gasteiger partial charge in [-0.2, -0.15) is 0 Å². The highest BCUT2D eigenvalue weighted by Crippen LogP contribution is 2.35. The zero-order valence-electron chi connectivity index (χ0n) is 11.2. The third-order valence-corrected chi connectivity index (χ3v) is 3.83. The van der Waals surface area contributed by atoms with Crippen LogP contribution < -0.4 is 0 Å². The summed E-state index contributed by atoms with van der Waals surface area (Å²) in [5.41, 5.74) is 0.964. The van der Waals surface area contributed by atoms with Crippen molar-refractivity contribution in [2.24, 2.45) is 0 Å². The van der Waals surface area contributed by atoms with Crippen LogP contribution in [-0.2, 0) is 19.2 Å². The molecule has 1 aromatic rings. The van der Waals surface area contributed by atoms with Gasteiger partial charge in [0.25, 0.3) is 0 Å². The second-order valence-corrected chi connectivity index (χ2v) is 5.45. The highest BCUT2D eigenvalue weighted by Gasteiger charge is 2.38. The van der Waals surface area contributed by atoms with Crippen molar-refractivity contribution in [1.82, 2.24) is 5.06 Å². The van der Waals surface area contributed by atoms with E-state index in [1.165, 1.54) is 5.06 Å². The Labute approximate surface area is 127 Å². The summed E-state index contributed by atoms with van der Waals surface area (Å²) in [4.78, 5) is 28.5. The SMILES string of the molecule is O=C1/C=C/C(=O)ON2CCCC(c3cccc(Cl)c3)C2O1. The molecule has 2 unspecified atom stereocenters. The number of benzene rings is 1. The van der Waals surface area contributed by atoms with E-state index < -0.39 is 18.2 Å². The van der Waals surface area contributed by atoms with Crippen molar-refractivity contribution in [1.29, 1.82) is 0 Å². The van der Waals surface area contributed by atoms with Crippen LogP contribution in [0, 0.1) is 0 Å². The lowest BCUT2D eigenvalue weighted by molar-refractivity contribution is -0.251. The number of carbonyl (C=O) groups excluding carboxylic acids is 2. The normalized spacial score (nSPS) is 27.9. The standard InChI is InChI=1S/C15H14ClNO4/c16-11-4-1-3-10(9-11)12-5-2-8-17-15(12)20-13(18)6-7-14(19)21-17/h1,3-4,6-7,9,12,15H,2,5,8H2/b7-6+. The first-order valence-electron chi connectivity index (χ1n) is 6.76. The Kier molecular flexibility index (Phi) is 3.94. The van der Waals surface area contributed by atoms with Crippen molar-refractivity contribution >= 4 is 23.5 Å². The van der Waals surface area contributed by atoms with Crippen LogP contribution in [0.25, 0.3) is 0 Å². The van der Waals surface area contributed by atoms with Gasteiger partial charge in [-0.3, -0.25) is 0 Å². The third kappa shape index (κ3) is 3.09. The zero-order chi connectivity index (χ0) is 14.8. The predicted octanol–water partition coefficient (Wildman–Crippen LogP) is 2.42. The van der Waals surface area contributed by atoms with Crippen LogP contribution in [0.5, 0.6) is 0 Å². The second-order valence-electron chi connectivity index (χ2n) is 5.02. The summed E-state index contributed by atoms with van der Waals surface area (Å²) < 4.78 is 5.43. The molecule has 2 atom stereocenters. The van der Waals surface area contributed by atoms with Gasteiger partial charge in [0, 0.05) is 29.6 Å². The fourth-order valence-corrected chi connectivity index (χ4v) is 2.88. The number of hydrogen-bond donors (Lipinski definition) is 0. The van der Waals surface area contributed by atoms with E-state index in [4.69, 9.17) is 21.2 Å². The summed E-state index contributed by atoms with van der Waals surface area (Å²) in [7, 11) is 0. The molecule has 2 aliphatic rings. The molecule has 2 aliphatic heterocycles. The molecule has 21 heavy (non-hydrogen) atoms. The number of ether oxygens (including phenoxy) is 1. The molecule has 0 spiro atoms. The lowest BCUT2D eigenvalue weighted by Crippen LogP contribution is -2.48. The van der Waals surface area contributed by atoms with Crippen LogP contribution in [0.15, 0.2) is 36.4 Å². The lowest BCUT2D eigenvalue weighted by Gasteiger charge is -2.39. The molecule has 1 fully saturated rings. The van der Waals surface area contributed by atoms with Crippen LogP contribution in [-0.4, -0.2) is 29.8 Å². The van der Waals surface area contributed by atoms with Crippen LogP contribution in [0.2, 0.25) is 5.02 Å². The van der Waals surface area contributed by atoms with Crippen LogP contribution >= 0.6 is 11.6 Å². The molecule has 2 heterocycles. The molecule has 5 nitrogen and oxygen atoms in total. The molecule has 110 valence electrons. The molecular formula is C15H14ClNO4. The van der Waals surface area contributed by atoms with Crippen molar-refractivity contribution in [2.45, 2.75) is 25.0 Å². The van der Waals surface area contributed by atoms with Crippen molar-refractivity contribution in [3.8, 4) is 0 Å². The van der Waals surface area contributed by atoms with Crippen LogP contribution in [0.4, 0.5) is 0 Å². The van der Waals surface area contributed by atoms with Gasteiger partial charge in [0.2, 0.25) is 0 Å². The van der Waals surface area contributed by atoms with Crippen LogP contribution in [0.1, 0.15) is 24.3 Å². The van der Waals surface area contributed by atoms with E-state index in [1.807, 2.05) is 18.2 Å². The number of halogens is 1. The minimum atomic E-state index is -0.626. The van der Waals surface area contributed by atoms with E-state index in [0.29, 0.717) is 11.6 Å². The average Bonchev–Trinajstić information content (AvgIpc) is 2.45. The quantitative estimate of drug-likeness (QED) is 0.746. The Morgan fingerprint density at radius 1 is 1.19 bits per heavy atom. The summed E-state index contributed by atoms with van der Waals surface area (Å²) in [5.74, 6) is -1.19. The Morgan fingerprint density at radius 3 is 2.81 bits per heavy atom. The van der Waals surface area contributed by atoms with Gasteiger partial charge in [0.05, 0.1) is 0 Å². The first-order valence-corrected chi connectivity index (χ1v) is 7.14. The van der Waals surface area contributed by atoms with Gasteiger partial charge >= 0.3 is 11.9 Å². The largest absolute Gasteiger partial charge is 0.439 e. The number of fused-ring (bicyclic) bond motifs is 1. The second kappa shape index (κ2) is 5.87. The van der Waals surface area contributed by atoms with E-state index in [0.717, 1.165) is 30.6 Å². The van der Waals surface area contributed by atoms with Gasteiger partial charge in [0.15, 0.2) is 6.23 Å². The smallest absolute Gasteiger partial charge is 0.350 e. The summed E-state index contributed by atoms with van der Waals surface area (Å²) in [6.07, 6.45) is 3.20. The number of rotatable bonds is 1. The maximum Gasteiger partial charge on any atom is 0.350 e. The van der Waals surface area contributed by atoms with Crippen molar-refractivity contribution in [2.75, 3.05) is 6.54 Å². The molecular weight excluding hydrogens is 294 g/mol. The summed E-state index contributed by atoms with van der Waals surface area (Å²) in [6.45, 7) is 0.536. The molecule has 0 aromatic heterocycles. The molecule has 0 amide bonds. The molecule has 0 saturated carbocycles. The molecule has 6 heteroatoms. The van der Waals surface area contributed by atoms with Gasteiger partial charge in [-0.1, -0.05) is 28.8 Å². The number of hydrogen-bond acceptors (Lipinski definition) is 5. The van der Waals surface area contributed by atoms with Crippen molar-refractivity contribution < 1.29 is 19.2 Å². The lowest BCUT2D eigenvalue weighted by atomic mass is 9.89. The maximum atomic E-state index is 11.7. The fraction of sp³-hybridized carbons (Fsp3) is 0.333. The molecule has 0 aliphatic carbocycles. The highest BCUT2D eigenvalue weighted by atomic mass is 35.5.